The highest BCUT2D eigenvalue weighted by Crippen LogP contribution is 2.42. The number of carbonyl (C=O) groups excluding carboxylic acids is 2. The molecule has 5 heteroatoms. The molecular formula is C22H27NO3S. The van der Waals surface area contributed by atoms with E-state index < -0.39 is 16.4 Å². The Labute approximate surface area is 163 Å². The van der Waals surface area contributed by atoms with Gasteiger partial charge in [0.05, 0.1) is 0 Å². The fraction of sp³-hybridized carbons (Fsp3) is 0.455. The van der Waals surface area contributed by atoms with E-state index in [-0.39, 0.29) is 22.7 Å². The second kappa shape index (κ2) is 8.70. The molecule has 1 atom stereocenters. The highest BCUT2D eigenvalue weighted by molar-refractivity contribution is 7.40. The smallest absolute Gasteiger partial charge is 0.230 e. The summed E-state index contributed by atoms with van der Waals surface area (Å²) in [4.78, 5) is 28.2. The van der Waals surface area contributed by atoms with Gasteiger partial charge in [-0.2, -0.15) is 0 Å². The molecule has 0 spiro atoms. The van der Waals surface area contributed by atoms with E-state index in [2.05, 4.69) is 0 Å². The number of nitrogens with zero attached hydrogens (tertiary/aromatic N) is 1. The number of hydrogen-bond donors (Lipinski definition) is 0. The number of rotatable bonds is 5. The van der Waals surface area contributed by atoms with Crippen LogP contribution in [0.15, 0.2) is 41.8 Å². The monoisotopic (exact) mass is 385 g/mol. The number of benzene rings is 1. The van der Waals surface area contributed by atoms with Gasteiger partial charge in [0.25, 0.3) is 0 Å². The van der Waals surface area contributed by atoms with Gasteiger partial charge in [-0.15, -0.1) is 0 Å². The third-order valence-electron chi connectivity index (χ3n) is 5.21. The van der Waals surface area contributed by atoms with Crippen molar-refractivity contribution in [1.82, 2.24) is 0 Å². The minimum atomic E-state index is -1.19. The van der Waals surface area contributed by atoms with Crippen molar-refractivity contribution in [1.29, 1.82) is 0 Å². The predicted molar refractivity (Wildman–Crippen MR) is 108 cm³/mol. The summed E-state index contributed by atoms with van der Waals surface area (Å²) in [6.07, 6.45) is 6.28. The van der Waals surface area contributed by atoms with Crippen LogP contribution in [0.3, 0.4) is 0 Å². The van der Waals surface area contributed by atoms with Gasteiger partial charge < -0.3 is 14.8 Å². The Hall–Kier alpha value is -2.14. The van der Waals surface area contributed by atoms with Gasteiger partial charge >= 0.3 is 0 Å². The van der Waals surface area contributed by atoms with Crippen molar-refractivity contribution < 1.29 is 14.7 Å². The van der Waals surface area contributed by atoms with Gasteiger partial charge in [0.2, 0.25) is 10.8 Å². The van der Waals surface area contributed by atoms with Gasteiger partial charge in [-0.1, -0.05) is 43.9 Å². The number of carboxylic acid groups (broad SMARTS) is 1. The van der Waals surface area contributed by atoms with E-state index in [0.717, 1.165) is 30.6 Å². The maximum Gasteiger partial charge on any atom is 0.230 e. The first-order valence-electron chi connectivity index (χ1n) is 9.75. The summed E-state index contributed by atoms with van der Waals surface area (Å²) < 4.78 is 0. The van der Waals surface area contributed by atoms with Crippen LogP contribution in [0.1, 0.15) is 62.0 Å². The van der Waals surface area contributed by atoms with E-state index in [1.165, 1.54) is 12.8 Å². The summed E-state index contributed by atoms with van der Waals surface area (Å²) in [5.41, 5.74) is 0.506. The Morgan fingerprint density at radius 1 is 1.04 bits per heavy atom. The predicted octanol–water partition coefficient (Wildman–Crippen LogP) is 4.50. The van der Waals surface area contributed by atoms with Crippen molar-refractivity contribution in [2.75, 3.05) is 4.90 Å². The van der Waals surface area contributed by atoms with E-state index in [4.69, 9.17) is 0 Å². The zero-order valence-electron chi connectivity index (χ0n) is 16.0. The highest BCUT2D eigenvalue weighted by atomic mass is 32.2. The molecule has 4 nitrogen and oxygen atoms in total. The van der Waals surface area contributed by atoms with Crippen LogP contribution in [-0.4, -0.2) is 17.9 Å². The number of anilines is 1. The molecule has 27 heavy (non-hydrogen) atoms. The first kappa shape index (κ1) is 19.6. The molecule has 0 N–H and O–H groups in total. The number of carboxylic acids is 1. The molecule has 144 valence electrons. The first-order valence-corrected chi connectivity index (χ1v) is 11.0. The van der Waals surface area contributed by atoms with Crippen molar-refractivity contribution in [2.45, 2.75) is 58.4 Å². The Balaban J connectivity index is 2.02. The standard InChI is InChI=1S/C22H27NO3S/c1-16(2)23(21(24)17-10-6-3-4-7-11-17)19-14-15-27(20(19)22(25)26)18-12-8-5-9-13-18/h5,8-9,12-17H,3-4,6-7,10-11H2,1-2H3. The molecule has 1 saturated carbocycles. The number of hydrogen-bond acceptors (Lipinski definition) is 3. The van der Waals surface area contributed by atoms with E-state index >= 15 is 0 Å². The minimum Gasteiger partial charge on any atom is -0.540 e. The van der Waals surface area contributed by atoms with Crippen LogP contribution in [0.5, 0.6) is 0 Å². The van der Waals surface area contributed by atoms with Crippen molar-refractivity contribution in [3.8, 4) is 4.90 Å². The fourth-order valence-electron chi connectivity index (χ4n) is 3.91. The molecule has 2 aromatic rings. The molecular weight excluding hydrogens is 358 g/mol. The summed E-state index contributed by atoms with van der Waals surface area (Å²) in [5, 5.41) is 13.9. The van der Waals surface area contributed by atoms with Gasteiger partial charge in [-0.05, 0) is 38.8 Å². The van der Waals surface area contributed by atoms with Crippen LogP contribution in [0.2, 0.25) is 0 Å². The summed E-state index contributed by atoms with van der Waals surface area (Å²) in [6.45, 7) is 3.89. The van der Waals surface area contributed by atoms with E-state index in [0.29, 0.717) is 5.69 Å². The van der Waals surface area contributed by atoms with Crippen molar-refractivity contribution in [2.24, 2.45) is 5.92 Å². The molecule has 1 fully saturated rings. The van der Waals surface area contributed by atoms with Gasteiger partial charge in [-0.3, -0.25) is 4.79 Å². The summed E-state index contributed by atoms with van der Waals surface area (Å²) in [5.74, 6) is -1.15. The van der Waals surface area contributed by atoms with Crippen molar-refractivity contribution >= 4 is 28.0 Å². The first-order chi connectivity index (χ1) is 13.0. The van der Waals surface area contributed by atoms with E-state index in [1.807, 2.05) is 49.6 Å². The van der Waals surface area contributed by atoms with E-state index in [1.54, 1.807) is 11.0 Å². The molecule has 1 aliphatic rings. The van der Waals surface area contributed by atoms with Crippen molar-refractivity contribution in [3.05, 3.63) is 46.7 Å². The number of aromatic carboxylic acids is 1. The zero-order chi connectivity index (χ0) is 19.4. The normalized spacial score (nSPS) is 16.2. The summed E-state index contributed by atoms with van der Waals surface area (Å²) in [7, 11) is -0.708. The molecule has 1 amide bonds. The minimum absolute atomic E-state index is 0.0158. The van der Waals surface area contributed by atoms with Crippen molar-refractivity contribution in [3.63, 3.8) is 0 Å². The molecule has 1 heterocycles. The maximum atomic E-state index is 13.3. The zero-order valence-corrected chi connectivity index (χ0v) is 16.8. The second-order valence-corrected chi connectivity index (χ2v) is 9.27. The summed E-state index contributed by atoms with van der Waals surface area (Å²) >= 11 is 0. The Kier molecular flexibility index (Phi) is 6.32. The van der Waals surface area contributed by atoms with Crippen LogP contribution in [0.25, 0.3) is 4.90 Å². The molecule has 0 radical (unpaired) electrons. The number of thiophene rings is 1. The Morgan fingerprint density at radius 2 is 1.67 bits per heavy atom. The topological polar surface area (TPSA) is 60.4 Å². The van der Waals surface area contributed by atoms with Crippen LogP contribution in [0, 0.1) is 5.92 Å². The SMILES string of the molecule is CC(C)N(C(=O)C1CCCCCC1)c1cc[s+](-c2ccccc2)c1C(=O)[O-]. The van der Waals surface area contributed by atoms with Gasteiger partial charge in [-0.25, -0.2) is 0 Å². The molecule has 1 aromatic carbocycles. The molecule has 0 aliphatic heterocycles. The number of amides is 1. The molecule has 3 rings (SSSR count). The lowest BCUT2D eigenvalue weighted by Gasteiger charge is -2.29. The summed E-state index contributed by atoms with van der Waals surface area (Å²) in [6, 6.07) is 11.3. The van der Waals surface area contributed by atoms with Crippen LogP contribution < -0.4 is 10.0 Å². The molecule has 1 aliphatic carbocycles. The van der Waals surface area contributed by atoms with Gasteiger partial charge in [0.15, 0.2) is 4.90 Å². The van der Waals surface area contributed by atoms with E-state index in [9.17, 15) is 14.7 Å². The maximum absolute atomic E-state index is 13.3. The van der Waals surface area contributed by atoms with Gasteiger partial charge in [0.1, 0.15) is 17.0 Å². The third-order valence-corrected chi connectivity index (χ3v) is 7.22. The lowest BCUT2D eigenvalue weighted by Crippen LogP contribution is -2.42. The lowest BCUT2D eigenvalue weighted by atomic mass is 9.97. The second-order valence-electron chi connectivity index (χ2n) is 7.45. The fourth-order valence-corrected chi connectivity index (χ4v) is 5.73. The van der Waals surface area contributed by atoms with Crippen LogP contribution in [-0.2, 0) is 4.79 Å². The Morgan fingerprint density at radius 3 is 2.22 bits per heavy atom. The molecule has 0 saturated heterocycles. The number of carbonyl (C=O) groups is 2. The highest BCUT2D eigenvalue weighted by Gasteiger charge is 2.34. The molecule has 0 bridgehead atoms. The third kappa shape index (κ3) is 4.24. The Bertz CT molecular complexity index is 789. The quantitative estimate of drug-likeness (QED) is 0.562. The van der Waals surface area contributed by atoms with Gasteiger partial charge in [0, 0.05) is 28.5 Å². The molecule has 1 aromatic heterocycles. The lowest BCUT2D eigenvalue weighted by molar-refractivity contribution is -0.254. The molecule has 1 unspecified atom stereocenters. The largest absolute Gasteiger partial charge is 0.540 e. The van der Waals surface area contributed by atoms with Crippen LogP contribution >= 0.6 is 10.5 Å². The average molecular weight is 386 g/mol. The van der Waals surface area contributed by atoms with Crippen LogP contribution in [0.4, 0.5) is 5.69 Å². The average Bonchev–Trinajstić information content (AvgIpc) is 2.89.